The van der Waals surface area contributed by atoms with Gasteiger partial charge in [0.25, 0.3) is 0 Å². The fraction of sp³-hybridized carbons (Fsp3) is 0.500. The number of aliphatic hydroxyl groups excluding tert-OH is 1. The molecule has 0 heterocycles. The zero-order valence-corrected chi connectivity index (χ0v) is 12.0. The molecular weight excluding hydrogens is 238 g/mol. The maximum Gasteiger partial charge on any atom is 0.0900 e. The Morgan fingerprint density at radius 1 is 1.47 bits per heavy atom. The lowest BCUT2D eigenvalue weighted by Crippen LogP contribution is -2.34. The van der Waals surface area contributed by atoms with Gasteiger partial charge < -0.3 is 9.84 Å². The second-order valence-electron chi connectivity index (χ2n) is 4.80. The molecule has 0 aliphatic heterocycles. The molecule has 0 spiro atoms. The minimum Gasteiger partial charge on any atom is -0.389 e. The molecule has 19 heavy (non-hydrogen) atoms. The summed E-state index contributed by atoms with van der Waals surface area (Å²) in [5, 5.41) is 9.91. The highest BCUT2D eigenvalue weighted by atomic mass is 16.5. The molecule has 1 aromatic carbocycles. The Hall–Kier alpha value is -1.16. The van der Waals surface area contributed by atoms with Crippen molar-refractivity contribution < 1.29 is 9.84 Å². The van der Waals surface area contributed by atoms with Crippen LogP contribution in [0.2, 0.25) is 0 Å². The fourth-order valence-corrected chi connectivity index (χ4v) is 2.01. The van der Waals surface area contributed by atoms with E-state index in [1.165, 1.54) is 11.1 Å². The van der Waals surface area contributed by atoms with Gasteiger partial charge in [-0.05, 0) is 19.0 Å². The second-order valence-corrected chi connectivity index (χ2v) is 4.80. The van der Waals surface area contributed by atoms with Gasteiger partial charge in [-0.25, -0.2) is 0 Å². The summed E-state index contributed by atoms with van der Waals surface area (Å²) < 4.78 is 5.26. The van der Waals surface area contributed by atoms with Crippen molar-refractivity contribution in [1.29, 1.82) is 0 Å². The number of hydrogen-bond donors (Lipinski definition) is 1. The number of aliphatic hydroxyl groups is 1. The van der Waals surface area contributed by atoms with E-state index >= 15 is 0 Å². The molecule has 0 bridgehead atoms. The molecule has 106 valence electrons. The first kappa shape index (κ1) is 15.9. The van der Waals surface area contributed by atoms with Gasteiger partial charge in [-0.15, -0.1) is 6.58 Å². The van der Waals surface area contributed by atoms with Crippen molar-refractivity contribution in [3.05, 3.63) is 48.0 Å². The molecule has 1 N–H and O–H groups in total. The van der Waals surface area contributed by atoms with E-state index in [0.717, 1.165) is 13.1 Å². The van der Waals surface area contributed by atoms with Crippen LogP contribution in [0.25, 0.3) is 0 Å². The van der Waals surface area contributed by atoms with Gasteiger partial charge in [0.2, 0.25) is 0 Å². The zero-order chi connectivity index (χ0) is 14.1. The first-order valence-corrected chi connectivity index (χ1v) is 6.80. The summed E-state index contributed by atoms with van der Waals surface area (Å²) >= 11 is 0. The lowest BCUT2D eigenvalue weighted by molar-refractivity contribution is 0.0257. The molecule has 0 aliphatic rings. The fourth-order valence-electron chi connectivity index (χ4n) is 2.01. The van der Waals surface area contributed by atoms with Crippen LogP contribution in [0.15, 0.2) is 36.9 Å². The normalized spacial score (nSPS) is 12.6. The van der Waals surface area contributed by atoms with Gasteiger partial charge in [0, 0.05) is 13.1 Å². The summed E-state index contributed by atoms with van der Waals surface area (Å²) in [5.41, 5.74) is 2.55. The minimum atomic E-state index is -0.454. The standard InChI is InChI=1S/C16H25NO2/c1-4-9-19-13-16(18)12-17(5-2)11-15-8-6-7-14(3)10-15/h4,6-8,10,16,18H,1,5,9,11-13H2,2-3H3. The Bertz CT molecular complexity index is 379. The molecule has 0 aromatic heterocycles. The third-order valence-corrected chi connectivity index (χ3v) is 2.95. The SMILES string of the molecule is C=CCOCC(O)CN(CC)Cc1cccc(C)c1. The van der Waals surface area contributed by atoms with Crippen molar-refractivity contribution in [2.45, 2.75) is 26.5 Å². The van der Waals surface area contributed by atoms with E-state index in [-0.39, 0.29) is 0 Å². The largest absolute Gasteiger partial charge is 0.389 e. The molecule has 1 atom stereocenters. The van der Waals surface area contributed by atoms with Gasteiger partial charge in [-0.3, -0.25) is 4.90 Å². The van der Waals surface area contributed by atoms with Crippen LogP contribution in [0.3, 0.4) is 0 Å². The number of hydrogen-bond acceptors (Lipinski definition) is 3. The monoisotopic (exact) mass is 263 g/mol. The third kappa shape index (κ3) is 6.53. The Morgan fingerprint density at radius 2 is 2.26 bits per heavy atom. The van der Waals surface area contributed by atoms with E-state index in [1.807, 2.05) is 0 Å². The molecule has 3 nitrogen and oxygen atoms in total. The summed E-state index contributed by atoms with van der Waals surface area (Å²) in [6.07, 6.45) is 1.24. The lowest BCUT2D eigenvalue weighted by atomic mass is 10.1. The second kappa shape index (κ2) is 8.86. The van der Waals surface area contributed by atoms with Crippen LogP contribution >= 0.6 is 0 Å². The molecule has 0 aliphatic carbocycles. The summed E-state index contributed by atoms with van der Waals surface area (Å²) in [6, 6.07) is 8.47. The van der Waals surface area contributed by atoms with E-state index in [4.69, 9.17) is 4.74 Å². The highest BCUT2D eigenvalue weighted by Crippen LogP contribution is 2.08. The molecule has 3 heteroatoms. The van der Waals surface area contributed by atoms with Crippen molar-refractivity contribution in [3.63, 3.8) is 0 Å². The number of rotatable bonds is 9. The Labute approximate surface area is 116 Å². The Morgan fingerprint density at radius 3 is 2.89 bits per heavy atom. The Kier molecular flexibility index (Phi) is 7.41. The molecule has 1 rings (SSSR count). The van der Waals surface area contributed by atoms with E-state index in [2.05, 4.69) is 49.6 Å². The number of benzene rings is 1. The van der Waals surface area contributed by atoms with Gasteiger partial charge in [0.1, 0.15) is 0 Å². The maximum absolute atomic E-state index is 9.91. The summed E-state index contributed by atoms with van der Waals surface area (Å²) in [7, 11) is 0. The highest BCUT2D eigenvalue weighted by Gasteiger charge is 2.11. The molecule has 1 unspecified atom stereocenters. The van der Waals surface area contributed by atoms with Crippen LogP contribution in [0.1, 0.15) is 18.1 Å². The van der Waals surface area contributed by atoms with Crippen LogP contribution < -0.4 is 0 Å². The van der Waals surface area contributed by atoms with Gasteiger partial charge >= 0.3 is 0 Å². The number of nitrogens with zero attached hydrogens (tertiary/aromatic N) is 1. The molecule has 0 amide bonds. The molecule has 0 saturated heterocycles. The first-order valence-electron chi connectivity index (χ1n) is 6.80. The maximum atomic E-state index is 9.91. The van der Waals surface area contributed by atoms with Crippen molar-refractivity contribution in [2.24, 2.45) is 0 Å². The predicted molar refractivity (Wildman–Crippen MR) is 79.2 cm³/mol. The van der Waals surface area contributed by atoms with E-state index in [1.54, 1.807) is 6.08 Å². The molecular formula is C16H25NO2. The van der Waals surface area contributed by atoms with Gasteiger partial charge in [0.05, 0.1) is 19.3 Å². The van der Waals surface area contributed by atoms with Crippen molar-refractivity contribution >= 4 is 0 Å². The third-order valence-electron chi connectivity index (χ3n) is 2.95. The van der Waals surface area contributed by atoms with Gasteiger partial charge in [0.15, 0.2) is 0 Å². The zero-order valence-electron chi connectivity index (χ0n) is 12.0. The molecule has 0 saturated carbocycles. The average Bonchev–Trinajstić information content (AvgIpc) is 2.38. The Balaban J connectivity index is 2.42. The van der Waals surface area contributed by atoms with Crippen LogP contribution in [0.4, 0.5) is 0 Å². The first-order chi connectivity index (χ1) is 9.15. The summed E-state index contributed by atoms with van der Waals surface area (Å²) in [5.74, 6) is 0. The smallest absolute Gasteiger partial charge is 0.0900 e. The topological polar surface area (TPSA) is 32.7 Å². The number of aryl methyl sites for hydroxylation is 1. The van der Waals surface area contributed by atoms with E-state index in [9.17, 15) is 5.11 Å². The van der Waals surface area contributed by atoms with Gasteiger partial charge in [-0.1, -0.05) is 42.8 Å². The van der Waals surface area contributed by atoms with Crippen LogP contribution in [-0.2, 0) is 11.3 Å². The van der Waals surface area contributed by atoms with Crippen LogP contribution in [-0.4, -0.2) is 42.4 Å². The molecule has 0 radical (unpaired) electrons. The van der Waals surface area contributed by atoms with Crippen molar-refractivity contribution in [2.75, 3.05) is 26.3 Å². The summed E-state index contributed by atoms with van der Waals surface area (Å²) in [4.78, 5) is 2.22. The van der Waals surface area contributed by atoms with E-state index < -0.39 is 6.10 Å². The number of ether oxygens (including phenoxy) is 1. The minimum absolute atomic E-state index is 0.357. The van der Waals surface area contributed by atoms with Crippen LogP contribution in [0, 0.1) is 6.92 Å². The lowest BCUT2D eigenvalue weighted by Gasteiger charge is -2.23. The van der Waals surface area contributed by atoms with Crippen molar-refractivity contribution in [3.8, 4) is 0 Å². The molecule has 1 aromatic rings. The molecule has 0 fully saturated rings. The average molecular weight is 263 g/mol. The quantitative estimate of drug-likeness (QED) is 0.548. The van der Waals surface area contributed by atoms with Crippen molar-refractivity contribution in [1.82, 2.24) is 4.90 Å². The van der Waals surface area contributed by atoms with Crippen LogP contribution in [0.5, 0.6) is 0 Å². The number of likely N-dealkylation sites (N-methyl/N-ethyl adjacent to an activating group) is 1. The summed E-state index contributed by atoms with van der Waals surface area (Å²) in [6.45, 7) is 11.0. The van der Waals surface area contributed by atoms with E-state index in [0.29, 0.717) is 19.8 Å². The highest BCUT2D eigenvalue weighted by molar-refractivity contribution is 5.22. The predicted octanol–water partition coefficient (Wildman–Crippen LogP) is 2.38. The van der Waals surface area contributed by atoms with Gasteiger partial charge in [-0.2, -0.15) is 0 Å².